The van der Waals surface area contributed by atoms with Gasteiger partial charge in [-0.25, -0.2) is 14.0 Å². The fourth-order valence-corrected chi connectivity index (χ4v) is 9.46. The van der Waals surface area contributed by atoms with Crippen LogP contribution in [0.3, 0.4) is 0 Å². The highest BCUT2D eigenvalue weighted by Crippen LogP contribution is 2.41. The maximum absolute atomic E-state index is 17.0. The zero-order chi connectivity index (χ0) is 44.3. The highest BCUT2D eigenvalue weighted by atomic mass is 19.1. The van der Waals surface area contributed by atoms with Gasteiger partial charge in [0, 0.05) is 49.5 Å². The van der Waals surface area contributed by atoms with E-state index in [4.69, 9.17) is 29.4 Å². The van der Waals surface area contributed by atoms with E-state index in [-0.39, 0.29) is 24.5 Å². The maximum Gasteiger partial charge on any atom is 0.410 e. The Hall–Kier alpha value is -3.74. The third-order valence-corrected chi connectivity index (χ3v) is 12.8. The molecule has 2 aromatic rings. The van der Waals surface area contributed by atoms with E-state index in [9.17, 15) is 19.5 Å². The maximum atomic E-state index is 17.0. The number of aliphatic hydroxyl groups excluding tert-OH is 1. The van der Waals surface area contributed by atoms with Crippen molar-refractivity contribution in [2.24, 2.45) is 11.8 Å². The topological polar surface area (TPSA) is 193 Å². The molecule has 17 heteroatoms. The number of benzene rings is 1. The van der Waals surface area contributed by atoms with Gasteiger partial charge in [0.2, 0.25) is 0 Å². The molecular weight excluding hydrogens is 778 g/mol. The number of ether oxygens (including phenoxy) is 5. The number of fused-ring (bicyclic) bond motifs is 1. The summed E-state index contributed by atoms with van der Waals surface area (Å²) in [6.07, 6.45) is -1.26. The van der Waals surface area contributed by atoms with E-state index >= 15 is 4.39 Å². The van der Waals surface area contributed by atoms with Gasteiger partial charge < -0.3 is 44.7 Å². The predicted octanol–water partition coefficient (Wildman–Crippen LogP) is 4.38. The number of cyclic esters (lactones) is 1. The second kappa shape index (κ2) is 19.1. The third-order valence-electron chi connectivity index (χ3n) is 12.8. The Morgan fingerprint density at radius 1 is 1.10 bits per heavy atom. The number of carbonyl (C=O) groups excluding carboxylic acids is 3. The molecule has 3 aliphatic heterocycles. The largest absolute Gasteiger partial charge is 0.455 e. The molecule has 3 aliphatic rings. The molecule has 13 atom stereocenters. The second-order valence-electron chi connectivity index (χ2n) is 18.0. The monoisotopic (exact) mass is 846 g/mol. The first-order chi connectivity index (χ1) is 28.2. The predicted molar refractivity (Wildman–Crippen MR) is 222 cm³/mol. The molecule has 1 aromatic carbocycles. The molecule has 1 aromatic heterocycles. The van der Waals surface area contributed by atoms with Crippen LogP contribution in [-0.2, 0) is 39.8 Å². The van der Waals surface area contributed by atoms with E-state index in [0.717, 1.165) is 12.5 Å². The number of nitrogen functional groups attached to an aromatic ring is 1. The lowest BCUT2D eigenvalue weighted by molar-refractivity contribution is -0.295. The molecule has 336 valence electrons. The van der Waals surface area contributed by atoms with Crippen molar-refractivity contribution in [2.45, 2.75) is 160 Å². The highest BCUT2D eigenvalue weighted by Gasteiger charge is 2.60. The molecule has 0 aliphatic carbocycles. The summed E-state index contributed by atoms with van der Waals surface area (Å²) in [5, 5.41) is 23.6. The Balaban J connectivity index is 1.40. The van der Waals surface area contributed by atoms with Crippen LogP contribution in [0.4, 0.5) is 14.9 Å². The van der Waals surface area contributed by atoms with Gasteiger partial charge >= 0.3 is 12.1 Å². The van der Waals surface area contributed by atoms with Crippen molar-refractivity contribution in [3.63, 3.8) is 0 Å². The zero-order valence-electron chi connectivity index (χ0n) is 37.2. The Morgan fingerprint density at radius 2 is 1.80 bits per heavy atom. The molecule has 3 unspecified atom stereocenters. The van der Waals surface area contributed by atoms with Crippen LogP contribution in [0.2, 0.25) is 0 Å². The molecular formula is C43H68FN7O9. The quantitative estimate of drug-likeness (QED) is 0.125. The van der Waals surface area contributed by atoms with E-state index in [1.54, 1.807) is 36.4 Å². The molecule has 0 spiro atoms. The summed E-state index contributed by atoms with van der Waals surface area (Å²) in [5.74, 6) is -3.86. The second-order valence-corrected chi connectivity index (χ2v) is 18.0. The lowest BCUT2D eigenvalue weighted by Crippen LogP contribution is -2.61. The third kappa shape index (κ3) is 9.97. The lowest BCUT2D eigenvalue weighted by atomic mass is 9.78. The summed E-state index contributed by atoms with van der Waals surface area (Å²) in [5.41, 5.74) is 2.37. The number of hydrogen-bond acceptors (Lipinski definition) is 14. The Kier molecular flexibility index (Phi) is 15.1. The van der Waals surface area contributed by atoms with E-state index in [1.807, 2.05) is 64.2 Å². The number of anilines is 1. The van der Waals surface area contributed by atoms with Gasteiger partial charge in [-0.2, -0.15) is 0 Å². The highest BCUT2D eigenvalue weighted by molar-refractivity contribution is 6.07. The van der Waals surface area contributed by atoms with Crippen LogP contribution in [0.5, 0.6) is 0 Å². The van der Waals surface area contributed by atoms with E-state index in [2.05, 4.69) is 15.6 Å². The minimum absolute atomic E-state index is 0.115. The number of amides is 1. The first-order valence-electron chi connectivity index (χ1n) is 21.3. The van der Waals surface area contributed by atoms with E-state index in [0.29, 0.717) is 56.7 Å². The number of Topliss-reactive ketones (excluding diaryl/α,β-unsaturated/α-hetero) is 1. The minimum atomic E-state index is -3.13. The van der Waals surface area contributed by atoms with Gasteiger partial charge in [-0.05, 0) is 105 Å². The number of alkyl halides is 1. The number of nitrogens with zero attached hydrogens (tertiary/aromatic N) is 5. The van der Waals surface area contributed by atoms with Gasteiger partial charge in [-0.15, -0.1) is 5.10 Å². The van der Waals surface area contributed by atoms with Gasteiger partial charge in [0.25, 0.3) is 5.67 Å². The van der Waals surface area contributed by atoms with Crippen LogP contribution in [-0.4, -0.2) is 148 Å². The van der Waals surface area contributed by atoms with Gasteiger partial charge in [-0.1, -0.05) is 38.1 Å². The molecule has 16 nitrogen and oxygen atoms in total. The number of ketones is 1. The van der Waals surface area contributed by atoms with Gasteiger partial charge in [-0.3, -0.25) is 14.4 Å². The van der Waals surface area contributed by atoms with Gasteiger partial charge in [0.1, 0.15) is 17.9 Å². The summed E-state index contributed by atoms with van der Waals surface area (Å²) in [7, 11) is 5.20. The molecule has 3 saturated heterocycles. The summed E-state index contributed by atoms with van der Waals surface area (Å²) < 4.78 is 49.6. The van der Waals surface area contributed by atoms with Crippen molar-refractivity contribution in [1.82, 2.24) is 30.1 Å². The summed E-state index contributed by atoms with van der Waals surface area (Å²) in [4.78, 5) is 45.6. The average molecular weight is 846 g/mol. The fraction of sp³-hybridized carbons (Fsp3) is 0.744. The molecule has 5 rings (SSSR count). The van der Waals surface area contributed by atoms with Crippen molar-refractivity contribution in [3.8, 4) is 11.3 Å². The van der Waals surface area contributed by atoms with Crippen molar-refractivity contribution < 1.29 is 47.6 Å². The number of unbranched alkanes of at least 4 members (excludes halogenated alkanes) is 1. The number of halogens is 1. The number of aromatic nitrogens is 3. The number of nitrogens with two attached hydrogens (primary N) is 1. The standard InChI is InChI=1S/C43H68FN7O9/c1-12-33-43(8)35(51(40(55)60-43)19-14-13-18-50-24-31(47-48-50)29-16-15-17-30(45)21-29)28(5)46-23-25(2)22-41(6,56-11)37(27(4)36(53)42(7,44)39(54)58-33)59-38-34(52)32(49(9)10)20-26(3)57-38/h15-17,21,24-28,32-35,37-38,46,52H,12-14,18-20,22-23,45H2,1-11H3/t25-,26-,27-,28-,32?,33-,34?,35-,37-,38+,41-,42?,43-/m1/s1. The molecule has 3 fully saturated rings. The number of likely N-dealkylation sites (N-methyl/N-ethyl adjacent to an activating group) is 1. The van der Waals surface area contributed by atoms with Crippen molar-refractivity contribution in [2.75, 3.05) is 40.0 Å². The zero-order valence-corrected chi connectivity index (χ0v) is 37.2. The number of carbonyl (C=O) groups is 3. The number of aryl methyl sites for hydroxylation is 1. The number of nitrogens with one attached hydrogen (secondary N) is 1. The minimum Gasteiger partial charge on any atom is -0.455 e. The number of hydrogen-bond donors (Lipinski definition) is 3. The molecule has 0 radical (unpaired) electrons. The molecule has 0 bridgehead atoms. The lowest BCUT2D eigenvalue weighted by Gasteiger charge is -2.47. The first kappa shape index (κ1) is 47.3. The SMILES string of the molecule is CC[C@H]1OC(=O)C(C)(F)C(=O)[C@@H](C)[C@@H](O[C@@H]2O[C@H](C)CC(N(C)C)C2O)[C@](C)(OC)C[C@@H](C)CN[C@H](C)[C@H]2N(CCCCn3cc(-c4cccc(N)c4)nn3)C(=O)O[C@]12C. The van der Waals surface area contributed by atoms with Gasteiger partial charge in [0.05, 0.1) is 30.0 Å². The van der Waals surface area contributed by atoms with Crippen molar-refractivity contribution in [1.29, 1.82) is 0 Å². The number of esters is 1. The molecule has 60 heavy (non-hydrogen) atoms. The van der Waals surface area contributed by atoms with Crippen LogP contribution in [0.25, 0.3) is 11.3 Å². The van der Waals surface area contributed by atoms with E-state index in [1.165, 1.54) is 14.0 Å². The Morgan fingerprint density at radius 3 is 2.45 bits per heavy atom. The summed E-state index contributed by atoms with van der Waals surface area (Å²) in [6, 6.07) is 6.06. The van der Waals surface area contributed by atoms with Gasteiger partial charge in [0.15, 0.2) is 17.7 Å². The Labute approximate surface area is 353 Å². The molecule has 1 amide bonds. The summed E-state index contributed by atoms with van der Waals surface area (Å²) in [6.45, 7) is 14.8. The number of aliphatic hydroxyl groups is 1. The Bertz CT molecular complexity index is 1800. The number of methoxy groups -OCH3 is 1. The van der Waals surface area contributed by atoms with Crippen LogP contribution in [0.1, 0.15) is 87.5 Å². The fourth-order valence-electron chi connectivity index (χ4n) is 9.46. The van der Waals surface area contributed by atoms with Crippen molar-refractivity contribution in [3.05, 3.63) is 30.5 Å². The average Bonchev–Trinajstić information content (AvgIpc) is 3.77. The molecule has 4 N–H and O–H groups in total. The van der Waals surface area contributed by atoms with Crippen LogP contribution >= 0.6 is 0 Å². The van der Waals surface area contributed by atoms with Crippen LogP contribution in [0.15, 0.2) is 30.5 Å². The first-order valence-corrected chi connectivity index (χ1v) is 21.3. The molecule has 0 saturated carbocycles. The molecule has 4 heterocycles. The number of rotatable bonds is 11. The smallest absolute Gasteiger partial charge is 0.410 e. The van der Waals surface area contributed by atoms with E-state index < -0.39 is 77.3 Å². The summed E-state index contributed by atoms with van der Waals surface area (Å²) >= 11 is 0. The normalized spacial score (nSPS) is 37.3. The van der Waals surface area contributed by atoms with Crippen LogP contribution < -0.4 is 11.1 Å². The van der Waals surface area contributed by atoms with Crippen molar-refractivity contribution >= 4 is 23.5 Å². The van der Waals surface area contributed by atoms with Crippen LogP contribution in [0, 0.1) is 11.8 Å².